The number of unbranched alkanes of at least 4 members (excludes halogenated alkanes) is 1. The van der Waals surface area contributed by atoms with E-state index in [2.05, 4.69) is 6.58 Å². The van der Waals surface area contributed by atoms with Crippen molar-refractivity contribution in [3.63, 3.8) is 0 Å². The minimum Gasteiger partial charge on any atom is -0.352 e. The van der Waals surface area contributed by atoms with Crippen LogP contribution >= 0.6 is 0 Å². The third-order valence-corrected chi connectivity index (χ3v) is 8.53. The van der Waals surface area contributed by atoms with Crippen molar-refractivity contribution in [1.29, 1.82) is 0 Å². The van der Waals surface area contributed by atoms with Crippen LogP contribution in [0.4, 0.5) is 4.39 Å². The molecule has 1 saturated heterocycles. The van der Waals surface area contributed by atoms with Crippen molar-refractivity contribution in [1.82, 2.24) is 0 Å². The molecule has 3 fully saturated rings. The summed E-state index contributed by atoms with van der Waals surface area (Å²) in [5.74, 6) is 3.75. The zero-order valence-corrected chi connectivity index (χ0v) is 19.9. The highest BCUT2D eigenvalue weighted by Gasteiger charge is 2.35. The molecule has 2 saturated carbocycles. The van der Waals surface area contributed by atoms with Gasteiger partial charge in [0.15, 0.2) is 6.29 Å². The summed E-state index contributed by atoms with van der Waals surface area (Å²) in [7, 11) is 0. The lowest BCUT2D eigenvalue weighted by atomic mass is 9.68. The average Bonchev–Trinajstić information content (AvgIpc) is 2.85. The van der Waals surface area contributed by atoms with Gasteiger partial charge in [0.1, 0.15) is 5.82 Å². The molecule has 2 nitrogen and oxygen atoms in total. The molecule has 1 aromatic rings. The molecule has 1 heterocycles. The number of hydrogen-bond acceptors (Lipinski definition) is 2. The molecule has 2 aliphatic carbocycles. The fraction of sp³-hybridized carbons (Fsp3) is 0.724. The van der Waals surface area contributed by atoms with Gasteiger partial charge in [-0.15, -0.1) is 6.58 Å². The standard InChI is InChI=1S/C29H43FO2/c1-2-3-4-5-24-20-31-29(32-21-24)27-16-14-26(15-17-27)25-12-8-22(9-13-25)6-7-23-10-18-28(30)19-11-23/h2,10-11,18-19,22,24-27,29H,1,3-9,12-17,20-21H2. The molecule has 0 aromatic heterocycles. The highest BCUT2D eigenvalue weighted by Crippen LogP contribution is 2.43. The number of rotatable bonds is 9. The van der Waals surface area contributed by atoms with Crippen LogP contribution in [0.3, 0.4) is 0 Å². The summed E-state index contributed by atoms with van der Waals surface area (Å²) in [5.41, 5.74) is 1.28. The van der Waals surface area contributed by atoms with Crippen LogP contribution in [0.15, 0.2) is 36.9 Å². The Balaban J connectivity index is 1.11. The molecule has 4 rings (SSSR count). The summed E-state index contributed by atoms with van der Waals surface area (Å²) >= 11 is 0. The third-order valence-electron chi connectivity index (χ3n) is 8.53. The van der Waals surface area contributed by atoms with E-state index < -0.39 is 0 Å². The molecule has 3 heteroatoms. The maximum atomic E-state index is 13.1. The quantitative estimate of drug-likeness (QED) is 0.288. The maximum Gasteiger partial charge on any atom is 0.160 e. The number of allylic oxidation sites excluding steroid dienone is 1. The first-order valence-electron chi connectivity index (χ1n) is 13.3. The van der Waals surface area contributed by atoms with Crippen LogP contribution in [-0.4, -0.2) is 19.5 Å². The first-order chi connectivity index (χ1) is 15.7. The topological polar surface area (TPSA) is 18.5 Å². The zero-order valence-electron chi connectivity index (χ0n) is 19.9. The maximum absolute atomic E-state index is 13.1. The van der Waals surface area contributed by atoms with E-state index in [1.165, 1.54) is 76.2 Å². The molecule has 3 aliphatic rings. The highest BCUT2D eigenvalue weighted by atomic mass is 19.1. The van der Waals surface area contributed by atoms with E-state index in [1.807, 2.05) is 18.2 Å². The van der Waals surface area contributed by atoms with Gasteiger partial charge in [0.25, 0.3) is 0 Å². The largest absolute Gasteiger partial charge is 0.352 e. The van der Waals surface area contributed by atoms with Gasteiger partial charge in [0, 0.05) is 11.8 Å². The smallest absolute Gasteiger partial charge is 0.160 e. The van der Waals surface area contributed by atoms with E-state index in [0.29, 0.717) is 11.8 Å². The van der Waals surface area contributed by atoms with Crippen LogP contribution in [0.5, 0.6) is 0 Å². The van der Waals surface area contributed by atoms with Crippen molar-refractivity contribution < 1.29 is 13.9 Å². The van der Waals surface area contributed by atoms with Crippen molar-refractivity contribution in [2.75, 3.05) is 13.2 Å². The summed E-state index contributed by atoms with van der Waals surface area (Å²) in [6.45, 7) is 5.57. The Morgan fingerprint density at radius 1 is 0.781 bits per heavy atom. The number of hydrogen-bond donors (Lipinski definition) is 0. The van der Waals surface area contributed by atoms with E-state index in [0.717, 1.165) is 43.8 Å². The fourth-order valence-corrected chi connectivity index (χ4v) is 6.41. The number of benzene rings is 1. The summed E-state index contributed by atoms with van der Waals surface area (Å²) < 4.78 is 25.4. The van der Waals surface area contributed by atoms with Crippen LogP contribution < -0.4 is 0 Å². The van der Waals surface area contributed by atoms with Gasteiger partial charge in [-0.1, -0.05) is 31.1 Å². The molecule has 0 spiro atoms. The normalized spacial score (nSPS) is 33.7. The molecule has 1 aliphatic heterocycles. The lowest BCUT2D eigenvalue weighted by molar-refractivity contribution is -0.230. The molecule has 0 atom stereocenters. The van der Waals surface area contributed by atoms with Crippen LogP contribution in [0, 0.1) is 35.4 Å². The third kappa shape index (κ3) is 6.90. The second-order valence-electron chi connectivity index (χ2n) is 10.7. The molecule has 0 bridgehead atoms. The van der Waals surface area contributed by atoms with Gasteiger partial charge in [0.05, 0.1) is 13.2 Å². The van der Waals surface area contributed by atoms with Crippen LogP contribution in [0.2, 0.25) is 0 Å². The van der Waals surface area contributed by atoms with Crippen molar-refractivity contribution in [2.24, 2.45) is 29.6 Å². The van der Waals surface area contributed by atoms with E-state index in [4.69, 9.17) is 9.47 Å². The van der Waals surface area contributed by atoms with Crippen LogP contribution in [0.1, 0.15) is 82.6 Å². The van der Waals surface area contributed by atoms with Crippen molar-refractivity contribution in [2.45, 2.75) is 89.8 Å². The molecule has 0 N–H and O–H groups in total. The molecule has 0 amide bonds. The minimum atomic E-state index is -0.131. The summed E-state index contributed by atoms with van der Waals surface area (Å²) in [4.78, 5) is 0. The van der Waals surface area contributed by atoms with Crippen molar-refractivity contribution in [3.05, 3.63) is 48.3 Å². The predicted octanol–water partition coefficient (Wildman–Crippen LogP) is 7.72. The van der Waals surface area contributed by atoms with E-state index >= 15 is 0 Å². The second-order valence-corrected chi connectivity index (χ2v) is 10.7. The number of aryl methyl sites for hydroxylation is 1. The molecular formula is C29H43FO2. The Kier molecular flexibility index (Phi) is 9.22. The monoisotopic (exact) mass is 442 g/mol. The van der Waals surface area contributed by atoms with Gasteiger partial charge < -0.3 is 9.47 Å². The second kappa shape index (κ2) is 12.3. The van der Waals surface area contributed by atoms with Gasteiger partial charge in [-0.05, 0) is 106 Å². The molecule has 1 aromatic carbocycles. The average molecular weight is 443 g/mol. The van der Waals surface area contributed by atoms with Gasteiger partial charge >= 0.3 is 0 Å². The Morgan fingerprint density at radius 3 is 2.00 bits per heavy atom. The highest BCUT2D eigenvalue weighted by molar-refractivity contribution is 5.16. The summed E-state index contributed by atoms with van der Waals surface area (Å²) in [6, 6.07) is 7.08. The molecule has 32 heavy (non-hydrogen) atoms. The molecule has 0 radical (unpaired) electrons. The lowest BCUT2D eigenvalue weighted by Crippen LogP contribution is -2.39. The first kappa shape index (κ1) is 24.0. The Labute approximate surface area is 195 Å². The van der Waals surface area contributed by atoms with Crippen molar-refractivity contribution in [3.8, 4) is 0 Å². The fourth-order valence-electron chi connectivity index (χ4n) is 6.41. The van der Waals surface area contributed by atoms with Gasteiger partial charge in [-0.3, -0.25) is 0 Å². The van der Waals surface area contributed by atoms with Gasteiger partial charge in [0.2, 0.25) is 0 Å². The van der Waals surface area contributed by atoms with Crippen LogP contribution in [0.25, 0.3) is 0 Å². The van der Waals surface area contributed by atoms with Gasteiger partial charge in [-0.25, -0.2) is 4.39 Å². The summed E-state index contributed by atoms with van der Waals surface area (Å²) in [5, 5.41) is 0. The number of ether oxygens (including phenoxy) is 2. The lowest BCUT2D eigenvalue weighted by Gasteiger charge is -2.41. The Bertz CT molecular complexity index is 663. The Hall–Kier alpha value is -1.19. The van der Waals surface area contributed by atoms with E-state index in [-0.39, 0.29) is 12.1 Å². The zero-order chi connectivity index (χ0) is 22.2. The molecule has 178 valence electrons. The molecular weight excluding hydrogens is 399 g/mol. The number of halogens is 1. The SMILES string of the molecule is C=CCCCC1COC(C2CCC(C3CCC(CCc4ccc(F)cc4)CC3)CC2)OC1. The van der Waals surface area contributed by atoms with E-state index in [1.54, 1.807) is 12.1 Å². The van der Waals surface area contributed by atoms with E-state index in [9.17, 15) is 4.39 Å². The first-order valence-corrected chi connectivity index (χ1v) is 13.3. The predicted molar refractivity (Wildman–Crippen MR) is 129 cm³/mol. The van der Waals surface area contributed by atoms with Gasteiger partial charge in [-0.2, -0.15) is 0 Å². The van der Waals surface area contributed by atoms with Crippen LogP contribution in [-0.2, 0) is 15.9 Å². The van der Waals surface area contributed by atoms with Crippen molar-refractivity contribution >= 4 is 0 Å². The Morgan fingerprint density at radius 2 is 1.38 bits per heavy atom. The minimum absolute atomic E-state index is 0.0498. The summed E-state index contributed by atoms with van der Waals surface area (Å²) in [6.07, 6.45) is 18.8. The molecule has 0 unspecified atom stereocenters.